The zero-order valence-electron chi connectivity index (χ0n) is 13.7. The van der Waals surface area contributed by atoms with Gasteiger partial charge in [0.1, 0.15) is 0 Å². The Balaban J connectivity index is 0. The molecule has 0 aromatic carbocycles. The van der Waals surface area contributed by atoms with Gasteiger partial charge in [0, 0.05) is 22.4 Å². The number of hydrogen-bond donors (Lipinski definition) is 0. The maximum atomic E-state index is 12.1. The Morgan fingerprint density at radius 1 is 0.952 bits per heavy atom. The van der Waals surface area contributed by atoms with Crippen LogP contribution < -0.4 is 0 Å². The van der Waals surface area contributed by atoms with Gasteiger partial charge in [0.25, 0.3) is 0 Å². The summed E-state index contributed by atoms with van der Waals surface area (Å²) >= 11 is 1.70. The van der Waals surface area contributed by atoms with Crippen molar-refractivity contribution in [1.29, 1.82) is 0 Å². The van der Waals surface area contributed by atoms with Gasteiger partial charge in [-0.2, -0.15) is 0 Å². The van der Waals surface area contributed by atoms with Crippen LogP contribution in [0.15, 0.2) is 0 Å². The molecule has 0 saturated heterocycles. The Kier molecular flexibility index (Phi) is 14.6. The molecule has 0 rings (SSSR count). The van der Waals surface area contributed by atoms with Crippen LogP contribution in [-0.2, 0) is 41.4 Å². The molecule has 0 bridgehead atoms. The zero-order valence-corrected chi connectivity index (χ0v) is 17.6. The standard InChI is InChI=1S/C14H29O4PS.Au/c1-6-17-13(15)11-12(14(16)18-7-2)20-19(8-3,9-4)10-5;/h12,19H,6-11H2,1-5H3;. The first-order valence-electron chi connectivity index (χ1n) is 7.48. The second kappa shape index (κ2) is 13.0. The Morgan fingerprint density at radius 2 is 1.43 bits per heavy atom. The SMILES string of the molecule is CCOC(=O)CC(S[PH](CC)(CC)CC)C(=O)OCC.[Au]. The van der Waals surface area contributed by atoms with E-state index in [4.69, 9.17) is 9.47 Å². The molecule has 1 radical (unpaired) electrons. The first-order valence-corrected chi connectivity index (χ1v) is 11.7. The number of carbonyl (C=O) groups is 2. The quantitative estimate of drug-likeness (QED) is 0.251. The molecule has 7 heteroatoms. The van der Waals surface area contributed by atoms with Gasteiger partial charge in [-0.1, -0.05) is 0 Å². The zero-order chi connectivity index (χ0) is 15.6. The van der Waals surface area contributed by atoms with Crippen molar-refractivity contribution in [1.82, 2.24) is 0 Å². The molecule has 0 aromatic rings. The number of carbonyl (C=O) groups excluding carboxylic acids is 2. The summed E-state index contributed by atoms with van der Waals surface area (Å²) in [6.45, 7) is 9.23. The first-order chi connectivity index (χ1) is 9.48. The molecule has 21 heavy (non-hydrogen) atoms. The van der Waals surface area contributed by atoms with E-state index in [2.05, 4.69) is 20.8 Å². The van der Waals surface area contributed by atoms with E-state index in [-0.39, 0.29) is 40.7 Å². The van der Waals surface area contributed by atoms with Crippen LogP contribution in [0.1, 0.15) is 41.0 Å². The fraction of sp³-hybridized carbons (Fsp3) is 0.857. The molecule has 0 aliphatic heterocycles. The van der Waals surface area contributed by atoms with Crippen molar-refractivity contribution in [2.24, 2.45) is 0 Å². The van der Waals surface area contributed by atoms with E-state index in [0.29, 0.717) is 13.2 Å². The molecule has 0 heterocycles. The minimum absolute atomic E-state index is 0. The minimum Gasteiger partial charge on any atom is 0 e. The molecule has 0 spiro atoms. The summed E-state index contributed by atoms with van der Waals surface area (Å²) in [6.07, 6.45) is 3.42. The fourth-order valence-corrected chi connectivity index (χ4v) is 8.92. The number of ether oxygens (including phenoxy) is 2. The van der Waals surface area contributed by atoms with Crippen LogP contribution in [0, 0.1) is 0 Å². The minimum atomic E-state index is -1.55. The van der Waals surface area contributed by atoms with Crippen molar-refractivity contribution >= 4 is 29.8 Å². The average molecular weight is 521 g/mol. The van der Waals surface area contributed by atoms with Gasteiger partial charge in [0.15, 0.2) is 0 Å². The van der Waals surface area contributed by atoms with E-state index in [1.165, 1.54) is 0 Å². The second-order valence-electron chi connectivity index (χ2n) is 4.61. The van der Waals surface area contributed by atoms with Crippen LogP contribution >= 0.6 is 17.8 Å². The molecule has 0 amide bonds. The van der Waals surface area contributed by atoms with E-state index < -0.39 is 11.7 Å². The van der Waals surface area contributed by atoms with Crippen molar-refractivity contribution < 1.29 is 41.4 Å². The molecule has 0 N–H and O–H groups in total. The average Bonchev–Trinajstić information content (AvgIpc) is 2.44. The number of hydrogen-bond acceptors (Lipinski definition) is 5. The molecule has 0 aromatic heterocycles. The largest absolute Gasteiger partial charge is 0 e. The molecular weight excluding hydrogens is 492 g/mol. The second-order valence-corrected chi connectivity index (χ2v) is 13.2. The van der Waals surface area contributed by atoms with Gasteiger partial charge in [-0.15, -0.1) is 0 Å². The van der Waals surface area contributed by atoms with E-state index >= 15 is 0 Å². The Bertz CT molecular complexity index is 303. The normalized spacial score (nSPS) is 13.0. The van der Waals surface area contributed by atoms with Crippen molar-refractivity contribution in [3.8, 4) is 0 Å². The molecule has 131 valence electrons. The van der Waals surface area contributed by atoms with Crippen LogP contribution in [0.5, 0.6) is 0 Å². The van der Waals surface area contributed by atoms with E-state index in [1.807, 2.05) is 0 Å². The predicted molar refractivity (Wildman–Crippen MR) is 89.2 cm³/mol. The molecule has 0 fully saturated rings. The molecule has 1 unspecified atom stereocenters. The number of rotatable bonds is 10. The topological polar surface area (TPSA) is 52.6 Å². The summed E-state index contributed by atoms with van der Waals surface area (Å²) in [5.41, 5.74) is 0. The monoisotopic (exact) mass is 521 g/mol. The van der Waals surface area contributed by atoms with Gasteiger partial charge in [0.05, 0.1) is 0 Å². The number of esters is 2. The van der Waals surface area contributed by atoms with Gasteiger partial charge in [0.2, 0.25) is 0 Å². The van der Waals surface area contributed by atoms with Crippen molar-refractivity contribution in [3.05, 3.63) is 0 Å². The summed E-state index contributed by atoms with van der Waals surface area (Å²) in [5, 5.41) is -0.416. The molecule has 0 aliphatic rings. The Labute approximate surface area is 149 Å². The third-order valence-corrected chi connectivity index (χ3v) is 13.5. The van der Waals surface area contributed by atoms with Gasteiger partial charge < -0.3 is 0 Å². The Morgan fingerprint density at radius 3 is 1.81 bits per heavy atom. The molecule has 1 atom stereocenters. The van der Waals surface area contributed by atoms with Crippen LogP contribution in [0.25, 0.3) is 0 Å². The molecule has 4 nitrogen and oxygen atoms in total. The van der Waals surface area contributed by atoms with E-state index in [0.717, 1.165) is 18.5 Å². The molecular formula is C14H29AuO4PS. The van der Waals surface area contributed by atoms with Gasteiger partial charge in [-0.25, -0.2) is 0 Å². The van der Waals surface area contributed by atoms with Crippen molar-refractivity contribution in [2.75, 3.05) is 31.7 Å². The summed E-state index contributed by atoms with van der Waals surface area (Å²) in [7, 11) is 0. The van der Waals surface area contributed by atoms with Gasteiger partial charge >= 0.3 is 127 Å². The van der Waals surface area contributed by atoms with Crippen LogP contribution in [0.2, 0.25) is 0 Å². The summed E-state index contributed by atoms with van der Waals surface area (Å²) < 4.78 is 10.1. The smallest absolute Gasteiger partial charge is 0 e. The van der Waals surface area contributed by atoms with E-state index in [9.17, 15) is 9.59 Å². The van der Waals surface area contributed by atoms with Crippen molar-refractivity contribution in [3.63, 3.8) is 0 Å². The van der Waals surface area contributed by atoms with Crippen LogP contribution in [-0.4, -0.2) is 48.9 Å². The third kappa shape index (κ3) is 8.61. The third-order valence-electron chi connectivity index (χ3n) is 3.53. The maximum absolute atomic E-state index is 12.1. The van der Waals surface area contributed by atoms with Gasteiger partial charge in [-0.3, -0.25) is 0 Å². The van der Waals surface area contributed by atoms with E-state index in [1.54, 1.807) is 25.2 Å². The van der Waals surface area contributed by atoms with Crippen LogP contribution in [0.3, 0.4) is 0 Å². The molecule has 0 aliphatic carbocycles. The fourth-order valence-electron chi connectivity index (χ4n) is 2.08. The maximum Gasteiger partial charge on any atom is 0 e. The predicted octanol–water partition coefficient (Wildman–Crippen LogP) is 3.33. The molecule has 0 saturated carbocycles. The summed E-state index contributed by atoms with van der Waals surface area (Å²) in [5.74, 6) is -0.595. The Hall–Kier alpha value is 0.460. The first kappa shape index (κ1) is 23.7. The van der Waals surface area contributed by atoms with Crippen molar-refractivity contribution in [2.45, 2.75) is 46.3 Å². The summed E-state index contributed by atoms with van der Waals surface area (Å²) in [4.78, 5) is 23.8. The van der Waals surface area contributed by atoms with Crippen LogP contribution in [0.4, 0.5) is 0 Å². The summed E-state index contributed by atoms with van der Waals surface area (Å²) in [6, 6.07) is 0. The van der Waals surface area contributed by atoms with Gasteiger partial charge in [-0.05, 0) is 0 Å².